The van der Waals surface area contributed by atoms with Gasteiger partial charge in [-0.05, 0) is 42.0 Å². The molecule has 1 amide bonds. The van der Waals surface area contributed by atoms with Gasteiger partial charge in [-0.1, -0.05) is 46.0 Å². The molecule has 1 aliphatic rings. The molecular weight excluding hydrogens is 476 g/mol. The lowest BCUT2D eigenvalue weighted by molar-refractivity contribution is -0.384. The van der Waals surface area contributed by atoms with Crippen LogP contribution in [0.25, 0.3) is 6.08 Å². The number of carbonyl (C=O) groups is 1. The molecule has 0 atom stereocenters. The van der Waals surface area contributed by atoms with Crippen LogP contribution >= 0.6 is 39.9 Å². The molecule has 0 radical (unpaired) electrons. The molecule has 148 valence electrons. The second-order valence-corrected chi connectivity index (χ2v) is 8.57. The topological polar surface area (TPSA) is 72.7 Å². The number of benzene rings is 2. The summed E-state index contributed by atoms with van der Waals surface area (Å²) < 4.78 is 7.24. The van der Waals surface area contributed by atoms with Crippen molar-refractivity contribution in [1.29, 1.82) is 0 Å². The van der Waals surface area contributed by atoms with Gasteiger partial charge in [-0.2, -0.15) is 0 Å². The molecule has 6 nitrogen and oxygen atoms in total. The first-order valence-corrected chi connectivity index (χ1v) is 10.4. The molecule has 2 aromatic rings. The quantitative estimate of drug-likeness (QED) is 0.172. The van der Waals surface area contributed by atoms with E-state index in [0.29, 0.717) is 21.5 Å². The highest BCUT2D eigenvalue weighted by Gasteiger charge is 2.31. The van der Waals surface area contributed by atoms with Crippen molar-refractivity contribution >= 4 is 61.9 Å². The largest absolute Gasteiger partial charge is 0.488 e. The third-order valence-electron chi connectivity index (χ3n) is 3.99. The highest BCUT2D eigenvalue weighted by atomic mass is 79.9. The Balaban J connectivity index is 1.81. The van der Waals surface area contributed by atoms with Gasteiger partial charge in [0.05, 0.1) is 9.83 Å². The molecule has 1 fully saturated rings. The molecule has 2 aromatic carbocycles. The fourth-order valence-electron chi connectivity index (χ4n) is 2.57. The fraction of sp³-hybridized carbons (Fsp3) is 0.100. The van der Waals surface area contributed by atoms with Crippen molar-refractivity contribution in [2.75, 3.05) is 6.54 Å². The van der Waals surface area contributed by atoms with E-state index >= 15 is 0 Å². The minimum Gasteiger partial charge on any atom is -0.488 e. The zero-order valence-electron chi connectivity index (χ0n) is 15.0. The van der Waals surface area contributed by atoms with Gasteiger partial charge in [0.2, 0.25) is 0 Å². The van der Waals surface area contributed by atoms with Crippen LogP contribution in [0.5, 0.6) is 5.75 Å². The molecule has 1 heterocycles. The number of halogens is 1. The van der Waals surface area contributed by atoms with Crippen molar-refractivity contribution in [1.82, 2.24) is 4.90 Å². The molecule has 1 saturated heterocycles. The maximum atomic E-state index is 12.6. The molecule has 0 unspecified atom stereocenters. The molecule has 3 rings (SSSR count). The highest BCUT2D eigenvalue weighted by Crippen LogP contribution is 2.35. The van der Waals surface area contributed by atoms with Crippen LogP contribution in [0.15, 0.2) is 64.5 Å². The molecule has 9 heteroatoms. The van der Waals surface area contributed by atoms with Crippen LogP contribution in [0.1, 0.15) is 11.1 Å². The third-order valence-corrected chi connectivity index (χ3v) is 5.86. The molecule has 0 bridgehead atoms. The molecular formula is C20H15BrN2O4S2. The van der Waals surface area contributed by atoms with E-state index in [0.717, 1.165) is 15.6 Å². The minimum absolute atomic E-state index is 0.0274. The van der Waals surface area contributed by atoms with Crippen molar-refractivity contribution in [2.45, 2.75) is 6.61 Å². The number of nitro benzene ring substituents is 1. The van der Waals surface area contributed by atoms with Crippen LogP contribution in [0.2, 0.25) is 0 Å². The normalized spacial score (nSPS) is 15.1. The zero-order chi connectivity index (χ0) is 21.0. The van der Waals surface area contributed by atoms with Gasteiger partial charge in [0, 0.05) is 28.7 Å². The van der Waals surface area contributed by atoms with Gasteiger partial charge in [0.25, 0.3) is 11.6 Å². The first-order chi connectivity index (χ1) is 13.9. The van der Waals surface area contributed by atoms with E-state index in [1.54, 1.807) is 30.4 Å². The number of nitrogens with zero attached hydrogens (tertiary/aromatic N) is 2. The van der Waals surface area contributed by atoms with Crippen LogP contribution in [-0.2, 0) is 11.4 Å². The van der Waals surface area contributed by atoms with Gasteiger partial charge in [0.15, 0.2) is 0 Å². The summed E-state index contributed by atoms with van der Waals surface area (Å²) >= 11 is 9.94. The Bertz CT molecular complexity index is 1020. The summed E-state index contributed by atoms with van der Waals surface area (Å²) in [6.07, 6.45) is 3.38. The van der Waals surface area contributed by atoms with Crippen molar-refractivity contribution in [3.8, 4) is 5.75 Å². The average molecular weight is 491 g/mol. The van der Waals surface area contributed by atoms with Crippen LogP contribution in [0.4, 0.5) is 5.69 Å². The highest BCUT2D eigenvalue weighted by molar-refractivity contribution is 9.10. The number of thioether (sulfide) groups is 1. The molecule has 1 aliphatic heterocycles. The van der Waals surface area contributed by atoms with Crippen molar-refractivity contribution < 1.29 is 14.5 Å². The molecule has 0 aliphatic carbocycles. The van der Waals surface area contributed by atoms with Crippen LogP contribution < -0.4 is 4.74 Å². The fourth-order valence-corrected chi connectivity index (χ4v) is 4.21. The predicted molar refractivity (Wildman–Crippen MR) is 122 cm³/mol. The number of carbonyl (C=O) groups excluding carboxylic acids is 1. The van der Waals surface area contributed by atoms with E-state index in [1.165, 1.54) is 28.8 Å². The van der Waals surface area contributed by atoms with E-state index < -0.39 is 4.92 Å². The van der Waals surface area contributed by atoms with Gasteiger partial charge in [-0.3, -0.25) is 19.8 Å². The monoisotopic (exact) mass is 490 g/mol. The molecule has 29 heavy (non-hydrogen) atoms. The van der Waals surface area contributed by atoms with E-state index in [-0.39, 0.29) is 18.2 Å². The lowest BCUT2D eigenvalue weighted by atomic mass is 10.1. The number of ether oxygens (including phenoxy) is 1. The van der Waals surface area contributed by atoms with E-state index in [1.807, 2.05) is 12.1 Å². The summed E-state index contributed by atoms with van der Waals surface area (Å²) in [5.41, 5.74) is 1.54. The smallest absolute Gasteiger partial charge is 0.269 e. The van der Waals surface area contributed by atoms with Crippen molar-refractivity contribution in [3.63, 3.8) is 0 Å². The first kappa shape index (κ1) is 21.2. The van der Waals surface area contributed by atoms with Gasteiger partial charge >= 0.3 is 0 Å². The lowest BCUT2D eigenvalue weighted by Gasteiger charge is -2.11. The Morgan fingerprint density at radius 2 is 2.00 bits per heavy atom. The Kier molecular flexibility index (Phi) is 6.83. The Hall–Kier alpha value is -2.49. The molecule has 0 N–H and O–H groups in total. The molecule has 0 aromatic heterocycles. The summed E-state index contributed by atoms with van der Waals surface area (Å²) in [5, 5.41) is 10.8. The van der Waals surface area contributed by atoms with E-state index in [2.05, 4.69) is 22.5 Å². The number of rotatable bonds is 7. The standard InChI is InChI=1S/C20H15BrN2O4S2/c1-2-9-22-19(24)18(29-20(22)28)11-14-10-15(21)5-8-17(14)27-12-13-3-6-16(7-4-13)23(25)26/h2-8,10-11H,1,9,12H2/b18-11+. The van der Waals surface area contributed by atoms with Crippen LogP contribution in [-0.4, -0.2) is 26.6 Å². The summed E-state index contributed by atoms with van der Waals surface area (Å²) in [4.78, 5) is 24.9. The van der Waals surface area contributed by atoms with Crippen LogP contribution in [0, 0.1) is 10.1 Å². The van der Waals surface area contributed by atoms with E-state index in [9.17, 15) is 14.9 Å². The summed E-state index contributed by atoms with van der Waals surface area (Å²) in [7, 11) is 0. The number of amides is 1. The summed E-state index contributed by atoms with van der Waals surface area (Å²) in [6.45, 7) is 4.25. The van der Waals surface area contributed by atoms with Gasteiger partial charge < -0.3 is 4.74 Å². The number of non-ortho nitro benzene ring substituents is 1. The van der Waals surface area contributed by atoms with Gasteiger partial charge in [-0.15, -0.1) is 6.58 Å². The van der Waals surface area contributed by atoms with Gasteiger partial charge in [0.1, 0.15) is 16.7 Å². The SMILES string of the molecule is C=CCN1C(=O)/C(=C\c2cc(Br)ccc2OCc2ccc([N+](=O)[O-])cc2)SC1=S. The number of nitro groups is 1. The molecule has 0 spiro atoms. The lowest BCUT2D eigenvalue weighted by Crippen LogP contribution is -2.27. The molecule has 0 saturated carbocycles. The Morgan fingerprint density at radius 1 is 1.28 bits per heavy atom. The predicted octanol–water partition coefficient (Wildman–Crippen LogP) is 5.32. The van der Waals surface area contributed by atoms with E-state index in [4.69, 9.17) is 17.0 Å². The number of hydrogen-bond acceptors (Lipinski definition) is 6. The summed E-state index contributed by atoms with van der Waals surface area (Å²) in [5.74, 6) is 0.418. The second-order valence-electron chi connectivity index (χ2n) is 5.98. The first-order valence-electron chi connectivity index (χ1n) is 8.41. The van der Waals surface area contributed by atoms with Crippen LogP contribution in [0.3, 0.4) is 0 Å². The second kappa shape index (κ2) is 9.34. The summed E-state index contributed by atoms with van der Waals surface area (Å²) in [6, 6.07) is 11.7. The Morgan fingerprint density at radius 3 is 2.66 bits per heavy atom. The number of thiocarbonyl (C=S) groups is 1. The minimum atomic E-state index is -0.444. The van der Waals surface area contributed by atoms with Crippen molar-refractivity contribution in [2.24, 2.45) is 0 Å². The average Bonchev–Trinajstić information content (AvgIpc) is 2.95. The maximum absolute atomic E-state index is 12.6. The van der Waals surface area contributed by atoms with Crippen molar-refractivity contribution in [3.05, 3.63) is 85.7 Å². The third kappa shape index (κ3) is 5.11. The number of hydrogen-bond donors (Lipinski definition) is 0. The maximum Gasteiger partial charge on any atom is 0.269 e. The van der Waals surface area contributed by atoms with Gasteiger partial charge in [-0.25, -0.2) is 0 Å². The Labute approximate surface area is 185 Å². The zero-order valence-corrected chi connectivity index (χ0v) is 18.3.